The number of benzene rings is 1. The molecular weight excluding hydrogens is 168 g/mol. The molecule has 0 amide bonds. The van der Waals surface area contributed by atoms with Crippen LogP contribution in [-0.4, -0.2) is 9.78 Å². The van der Waals surface area contributed by atoms with Gasteiger partial charge in [-0.25, -0.2) is 0 Å². The van der Waals surface area contributed by atoms with Crippen molar-refractivity contribution in [2.24, 2.45) is 0 Å². The van der Waals surface area contributed by atoms with Crippen molar-refractivity contribution in [2.75, 3.05) is 0 Å². The molecule has 0 spiro atoms. The summed E-state index contributed by atoms with van der Waals surface area (Å²) in [7, 11) is 0. The molecule has 2 heterocycles. The second-order valence-corrected chi connectivity index (χ2v) is 3.90. The summed E-state index contributed by atoms with van der Waals surface area (Å²) in [5.74, 6) is 2.13. The molecule has 1 aliphatic heterocycles. The van der Waals surface area contributed by atoms with E-state index in [-0.39, 0.29) is 0 Å². The van der Waals surface area contributed by atoms with Crippen LogP contribution in [0.1, 0.15) is 5.69 Å². The van der Waals surface area contributed by atoms with Crippen LogP contribution in [0.4, 0.5) is 0 Å². The van der Waals surface area contributed by atoms with Gasteiger partial charge in [-0.05, 0) is 6.07 Å². The van der Waals surface area contributed by atoms with Gasteiger partial charge >= 0.3 is 0 Å². The molecular formula is C9H8N2S. The molecule has 1 aromatic carbocycles. The standard InChI is InChI=1S/C9H8N2S/c1-2-4-8-7(3-1)9-5-12-6-11(9)10-8/h1-4H,5-6H2. The summed E-state index contributed by atoms with van der Waals surface area (Å²) in [6.07, 6.45) is 0. The van der Waals surface area contributed by atoms with Gasteiger partial charge in [0, 0.05) is 11.1 Å². The lowest BCUT2D eigenvalue weighted by Crippen LogP contribution is -1.91. The molecule has 12 heavy (non-hydrogen) atoms. The molecule has 0 radical (unpaired) electrons. The third-order valence-electron chi connectivity index (χ3n) is 2.21. The molecule has 1 aliphatic rings. The van der Waals surface area contributed by atoms with Crippen LogP contribution in [0, 0.1) is 0 Å². The summed E-state index contributed by atoms with van der Waals surface area (Å²) < 4.78 is 2.11. The van der Waals surface area contributed by atoms with Crippen molar-refractivity contribution in [1.82, 2.24) is 9.78 Å². The van der Waals surface area contributed by atoms with E-state index in [0.717, 1.165) is 17.1 Å². The Bertz CT molecular complexity index is 433. The normalized spacial score (nSPS) is 15.3. The summed E-state index contributed by atoms with van der Waals surface area (Å²) >= 11 is 1.92. The smallest absolute Gasteiger partial charge is 0.0926 e. The number of aromatic nitrogens is 2. The van der Waals surface area contributed by atoms with Gasteiger partial charge in [-0.2, -0.15) is 5.10 Å². The molecule has 2 nitrogen and oxygen atoms in total. The highest BCUT2D eigenvalue weighted by Gasteiger charge is 2.15. The van der Waals surface area contributed by atoms with Crippen molar-refractivity contribution in [1.29, 1.82) is 0 Å². The summed E-state index contributed by atoms with van der Waals surface area (Å²) in [5, 5.41) is 5.81. The van der Waals surface area contributed by atoms with E-state index in [1.807, 2.05) is 17.8 Å². The van der Waals surface area contributed by atoms with Gasteiger partial charge in [-0.1, -0.05) is 18.2 Å². The number of nitrogens with zero attached hydrogens (tertiary/aromatic N) is 2. The second-order valence-electron chi connectivity index (χ2n) is 2.94. The maximum Gasteiger partial charge on any atom is 0.0926 e. The summed E-state index contributed by atoms with van der Waals surface area (Å²) in [6, 6.07) is 8.34. The lowest BCUT2D eigenvalue weighted by atomic mass is 10.2. The average Bonchev–Trinajstić information content (AvgIpc) is 2.62. The van der Waals surface area contributed by atoms with Gasteiger partial charge < -0.3 is 0 Å². The van der Waals surface area contributed by atoms with E-state index in [1.54, 1.807) is 0 Å². The summed E-state index contributed by atoms with van der Waals surface area (Å²) in [4.78, 5) is 0. The quantitative estimate of drug-likeness (QED) is 0.612. The molecule has 0 N–H and O–H groups in total. The predicted molar refractivity (Wildman–Crippen MR) is 51.0 cm³/mol. The molecule has 0 fully saturated rings. The van der Waals surface area contributed by atoms with Crippen molar-refractivity contribution in [3.8, 4) is 0 Å². The predicted octanol–water partition coefficient (Wildman–Crippen LogP) is 2.24. The minimum atomic E-state index is 1.02. The Morgan fingerprint density at radius 2 is 2.25 bits per heavy atom. The molecule has 0 bridgehead atoms. The first-order chi connectivity index (χ1) is 5.95. The zero-order valence-electron chi connectivity index (χ0n) is 6.53. The van der Waals surface area contributed by atoms with E-state index in [4.69, 9.17) is 0 Å². The molecule has 0 unspecified atom stereocenters. The zero-order valence-corrected chi connectivity index (χ0v) is 7.34. The van der Waals surface area contributed by atoms with Crippen molar-refractivity contribution >= 4 is 22.7 Å². The van der Waals surface area contributed by atoms with Crippen LogP contribution in [0.2, 0.25) is 0 Å². The third kappa shape index (κ3) is 0.743. The molecule has 0 saturated carbocycles. The first kappa shape index (κ1) is 6.54. The maximum atomic E-state index is 4.49. The van der Waals surface area contributed by atoms with Gasteiger partial charge in [0.05, 0.1) is 17.1 Å². The Morgan fingerprint density at radius 1 is 1.33 bits per heavy atom. The summed E-state index contributed by atoms with van der Waals surface area (Å²) in [5.41, 5.74) is 2.52. The molecule has 0 saturated heterocycles. The van der Waals surface area contributed by atoms with Crippen molar-refractivity contribution in [3.05, 3.63) is 30.0 Å². The van der Waals surface area contributed by atoms with Crippen LogP contribution in [0.5, 0.6) is 0 Å². The number of fused-ring (bicyclic) bond motifs is 3. The summed E-state index contributed by atoms with van der Waals surface area (Å²) in [6.45, 7) is 0. The van der Waals surface area contributed by atoms with Crippen molar-refractivity contribution in [3.63, 3.8) is 0 Å². The third-order valence-corrected chi connectivity index (χ3v) is 3.11. The van der Waals surface area contributed by atoms with Gasteiger partial charge in [0.25, 0.3) is 0 Å². The van der Waals surface area contributed by atoms with Crippen LogP contribution in [-0.2, 0) is 11.6 Å². The SMILES string of the molecule is c1ccc2c3n(nc2c1)CSC3. The van der Waals surface area contributed by atoms with Gasteiger partial charge in [-0.15, -0.1) is 11.8 Å². The molecule has 3 rings (SSSR count). The van der Waals surface area contributed by atoms with E-state index in [1.165, 1.54) is 11.1 Å². The van der Waals surface area contributed by atoms with E-state index in [0.29, 0.717) is 0 Å². The highest BCUT2D eigenvalue weighted by atomic mass is 32.2. The Balaban J connectivity index is 2.44. The molecule has 60 valence electrons. The van der Waals surface area contributed by atoms with Crippen LogP contribution in [0.3, 0.4) is 0 Å². The number of rotatable bonds is 0. The number of thioether (sulfide) groups is 1. The van der Waals surface area contributed by atoms with Crippen LogP contribution in [0.25, 0.3) is 10.9 Å². The largest absolute Gasteiger partial charge is 0.258 e. The van der Waals surface area contributed by atoms with Crippen LogP contribution in [0.15, 0.2) is 24.3 Å². The monoisotopic (exact) mass is 176 g/mol. The van der Waals surface area contributed by atoms with E-state index in [2.05, 4.69) is 28.0 Å². The van der Waals surface area contributed by atoms with Gasteiger partial charge in [0.1, 0.15) is 0 Å². The van der Waals surface area contributed by atoms with Gasteiger partial charge in [-0.3, -0.25) is 4.68 Å². The minimum absolute atomic E-state index is 1.02. The topological polar surface area (TPSA) is 17.8 Å². The minimum Gasteiger partial charge on any atom is -0.258 e. The Kier molecular flexibility index (Phi) is 1.23. The molecule has 1 aromatic heterocycles. The molecule has 2 aromatic rings. The fourth-order valence-corrected chi connectivity index (χ4v) is 2.60. The Labute approximate surface area is 74.6 Å². The van der Waals surface area contributed by atoms with E-state index < -0.39 is 0 Å². The number of hydrogen-bond acceptors (Lipinski definition) is 2. The zero-order chi connectivity index (χ0) is 7.97. The fraction of sp³-hybridized carbons (Fsp3) is 0.222. The van der Waals surface area contributed by atoms with E-state index in [9.17, 15) is 0 Å². The fourth-order valence-electron chi connectivity index (χ4n) is 1.62. The van der Waals surface area contributed by atoms with Gasteiger partial charge in [0.2, 0.25) is 0 Å². The molecule has 3 heteroatoms. The molecule has 0 aliphatic carbocycles. The second kappa shape index (κ2) is 2.26. The highest BCUT2D eigenvalue weighted by molar-refractivity contribution is 7.97. The van der Waals surface area contributed by atoms with Crippen molar-refractivity contribution < 1.29 is 0 Å². The molecule has 0 atom stereocenters. The van der Waals surface area contributed by atoms with Crippen LogP contribution < -0.4 is 0 Å². The Hall–Kier alpha value is -0.960. The lowest BCUT2D eigenvalue weighted by Gasteiger charge is -1.88. The van der Waals surface area contributed by atoms with Crippen molar-refractivity contribution in [2.45, 2.75) is 11.6 Å². The Morgan fingerprint density at radius 3 is 3.25 bits per heavy atom. The van der Waals surface area contributed by atoms with Gasteiger partial charge in [0.15, 0.2) is 0 Å². The van der Waals surface area contributed by atoms with E-state index >= 15 is 0 Å². The first-order valence-electron chi connectivity index (χ1n) is 3.97. The lowest BCUT2D eigenvalue weighted by molar-refractivity contribution is 0.754. The maximum absolute atomic E-state index is 4.49. The average molecular weight is 176 g/mol. The first-order valence-corrected chi connectivity index (χ1v) is 5.13. The van der Waals surface area contributed by atoms with Crippen LogP contribution >= 0.6 is 11.8 Å². The highest BCUT2D eigenvalue weighted by Crippen LogP contribution is 2.29. The number of hydrogen-bond donors (Lipinski definition) is 0.